The molecule has 0 aromatic carbocycles. The second-order valence-electron chi connectivity index (χ2n) is 5.37. The van der Waals surface area contributed by atoms with E-state index in [1.165, 1.54) is 5.56 Å². The highest BCUT2D eigenvalue weighted by molar-refractivity contribution is 7.07. The van der Waals surface area contributed by atoms with Crippen LogP contribution in [0.3, 0.4) is 0 Å². The number of anilines is 1. The van der Waals surface area contributed by atoms with Crippen molar-refractivity contribution in [2.45, 2.75) is 25.4 Å². The molecule has 0 radical (unpaired) electrons. The molecule has 5 nitrogen and oxygen atoms in total. The van der Waals surface area contributed by atoms with Gasteiger partial charge in [-0.1, -0.05) is 6.07 Å². The number of carbonyl (C=O) groups is 1. The summed E-state index contributed by atoms with van der Waals surface area (Å²) < 4.78 is 0. The van der Waals surface area contributed by atoms with Crippen LogP contribution >= 0.6 is 11.3 Å². The van der Waals surface area contributed by atoms with Crippen LogP contribution in [0.2, 0.25) is 0 Å². The fourth-order valence-corrected chi connectivity index (χ4v) is 3.35. The van der Waals surface area contributed by atoms with Gasteiger partial charge in [-0.3, -0.25) is 4.79 Å². The molecule has 2 N–H and O–H groups in total. The van der Waals surface area contributed by atoms with Gasteiger partial charge in [-0.15, -0.1) is 0 Å². The first-order valence-corrected chi connectivity index (χ1v) is 8.36. The largest absolute Gasteiger partial charge is 0.394 e. The van der Waals surface area contributed by atoms with Gasteiger partial charge in [0.1, 0.15) is 11.5 Å². The first-order chi connectivity index (χ1) is 10.8. The summed E-state index contributed by atoms with van der Waals surface area (Å²) in [6, 6.07) is 7.40. The van der Waals surface area contributed by atoms with Crippen molar-refractivity contribution in [1.82, 2.24) is 9.88 Å². The number of aliphatic hydroxyl groups excluding tert-OH is 1. The topological polar surface area (TPSA) is 65.5 Å². The van der Waals surface area contributed by atoms with Crippen LogP contribution in [-0.4, -0.2) is 40.1 Å². The Labute approximate surface area is 133 Å². The Kier molecular flexibility index (Phi) is 4.70. The molecular weight excluding hydrogens is 298 g/mol. The van der Waals surface area contributed by atoms with E-state index in [1.54, 1.807) is 22.3 Å². The van der Waals surface area contributed by atoms with Crippen molar-refractivity contribution < 1.29 is 9.90 Å². The fourth-order valence-electron chi connectivity index (χ4n) is 2.68. The number of aliphatic hydroxyl groups is 1. The molecule has 0 bridgehead atoms. The number of amides is 1. The van der Waals surface area contributed by atoms with Crippen LogP contribution in [0.4, 0.5) is 5.82 Å². The Morgan fingerprint density at radius 3 is 3.14 bits per heavy atom. The monoisotopic (exact) mass is 317 g/mol. The van der Waals surface area contributed by atoms with Crippen molar-refractivity contribution in [1.29, 1.82) is 0 Å². The van der Waals surface area contributed by atoms with Gasteiger partial charge in [0.2, 0.25) is 0 Å². The van der Waals surface area contributed by atoms with Crippen LogP contribution < -0.4 is 5.32 Å². The molecule has 1 atom stereocenters. The zero-order valence-corrected chi connectivity index (χ0v) is 13.1. The highest BCUT2D eigenvalue weighted by atomic mass is 32.1. The third kappa shape index (κ3) is 3.28. The predicted octanol–water partition coefficient (Wildman–Crippen LogP) is 2.35. The molecule has 1 aliphatic heterocycles. The van der Waals surface area contributed by atoms with E-state index in [4.69, 9.17) is 0 Å². The van der Waals surface area contributed by atoms with Crippen molar-refractivity contribution in [3.8, 4) is 0 Å². The van der Waals surface area contributed by atoms with Gasteiger partial charge in [0.05, 0.1) is 12.6 Å². The van der Waals surface area contributed by atoms with Crippen molar-refractivity contribution in [2.75, 3.05) is 18.5 Å². The predicted molar refractivity (Wildman–Crippen MR) is 87.0 cm³/mol. The van der Waals surface area contributed by atoms with Crippen LogP contribution in [0.5, 0.6) is 0 Å². The SMILES string of the molecule is O=C(c1cccc(NCc2ccsc2)n1)N1CCC[C@H]1CO. The number of thiophene rings is 1. The highest BCUT2D eigenvalue weighted by Gasteiger charge is 2.29. The molecule has 3 heterocycles. The molecule has 0 spiro atoms. The molecule has 3 rings (SSSR count). The summed E-state index contributed by atoms with van der Waals surface area (Å²) in [5.41, 5.74) is 1.62. The first-order valence-electron chi connectivity index (χ1n) is 7.42. The minimum absolute atomic E-state index is 0.0157. The molecule has 2 aromatic heterocycles. The molecule has 1 amide bonds. The average Bonchev–Trinajstić information content (AvgIpc) is 3.23. The average molecular weight is 317 g/mol. The lowest BCUT2D eigenvalue weighted by molar-refractivity contribution is 0.0672. The molecule has 1 fully saturated rings. The highest BCUT2D eigenvalue weighted by Crippen LogP contribution is 2.19. The lowest BCUT2D eigenvalue weighted by Gasteiger charge is -2.22. The number of likely N-dealkylation sites (tertiary alicyclic amines) is 1. The van der Waals surface area contributed by atoms with E-state index in [9.17, 15) is 9.90 Å². The molecule has 0 saturated carbocycles. The molecule has 2 aromatic rings. The van der Waals surface area contributed by atoms with E-state index in [2.05, 4.69) is 21.7 Å². The van der Waals surface area contributed by atoms with E-state index >= 15 is 0 Å². The Morgan fingerprint density at radius 1 is 1.45 bits per heavy atom. The van der Waals surface area contributed by atoms with E-state index < -0.39 is 0 Å². The summed E-state index contributed by atoms with van der Waals surface area (Å²) in [4.78, 5) is 18.7. The van der Waals surface area contributed by atoms with Crippen molar-refractivity contribution >= 4 is 23.1 Å². The van der Waals surface area contributed by atoms with Crippen LogP contribution in [-0.2, 0) is 6.54 Å². The van der Waals surface area contributed by atoms with E-state index in [-0.39, 0.29) is 18.6 Å². The lowest BCUT2D eigenvalue weighted by atomic mass is 10.2. The molecule has 22 heavy (non-hydrogen) atoms. The molecule has 116 valence electrons. The van der Waals surface area contributed by atoms with Gasteiger partial charge >= 0.3 is 0 Å². The number of aromatic nitrogens is 1. The molecular formula is C16H19N3O2S. The molecule has 1 aliphatic rings. The summed E-state index contributed by atoms with van der Waals surface area (Å²) in [6.07, 6.45) is 1.80. The first kappa shape index (κ1) is 15.0. The van der Waals surface area contributed by atoms with Crippen LogP contribution in [0.15, 0.2) is 35.0 Å². The van der Waals surface area contributed by atoms with Gasteiger partial charge < -0.3 is 15.3 Å². The standard InChI is InChI=1S/C16H19N3O2S/c20-10-13-3-2-7-19(13)16(21)14-4-1-5-15(18-14)17-9-12-6-8-22-11-12/h1,4-6,8,11,13,20H,2-3,7,9-10H2,(H,17,18)/t13-/m0/s1. The van der Waals surface area contributed by atoms with Crippen molar-refractivity contribution in [3.05, 3.63) is 46.3 Å². The Balaban J connectivity index is 1.69. The second kappa shape index (κ2) is 6.89. The van der Waals surface area contributed by atoms with Gasteiger partial charge in [-0.25, -0.2) is 4.98 Å². The summed E-state index contributed by atoms with van der Waals surface area (Å²) in [5.74, 6) is 0.590. The smallest absolute Gasteiger partial charge is 0.272 e. The number of nitrogens with zero attached hydrogens (tertiary/aromatic N) is 2. The second-order valence-corrected chi connectivity index (χ2v) is 6.15. The molecule has 6 heteroatoms. The summed E-state index contributed by atoms with van der Waals surface area (Å²) in [5, 5.41) is 16.7. The number of nitrogens with one attached hydrogen (secondary N) is 1. The Bertz CT molecular complexity index is 630. The Hall–Kier alpha value is -1.92. The zero-order chi connectivity index (χ0) is 15.4. The fraction of sp³-hybridized carbons (Fsp3) is 0.375. The number of carbonyl (C=O) groups excluding carboxylic acids is 1. The number of hydrogen-bond donors (Lipinski definition) is 2. The number of pyridine rings is 1. The van der Waals surface area contributed by atoms with E-state index in [0.29, 0.717) is 24.6 Å². The normalized spacial score (nSPS) is 17.7. The minimum Gasteiger partial charge on any atom is -0.394 e. The molecule has 0 unspecified atom stereocenters. The maximum atomic E-state index is 12.5. The van der Waals surface area contributed by atoms with Gasteiger partial charge in [0.15, 0.2) is 0 Å². The van der Waals surface area contributed by atoms with Crippen LogP contribution in [0.1, 0.15) is 28.9 Å². The van der Waals surface area contributed by atoms with Crippen molar-refractivity contribution in [2.24, 2.45) is 0 Å². The molecule has 0 aliphatic carbocycles. The summed E-state index contributed by atoms with van der Waals surface area (Å²) in [7, 11) is 0. The molecule has 1 saturated heterocycles. The quantitative estimate of drug-likeness (QED) is 0.888. The van der Waals surface area contributed by atoms with E-state index in [1.807, 2.05) is 17.5 Å². The third-order valence-corrected chi connectivity index (χ3v) is 4.60. The van der Waals surface area contributed by atoms with Crippen molar-refractivity contribution in [3.63, 3.8) is 0 Å². The summed E-state index contributed by atoms with van der Waals surface area (Å²) in [6.45, 7) is 1.40. The van der Waals surface area contributed by atoms with Gasteiger partial charge in [0.25, 0.3) is 5.91 Å². The third-order valence-electron chi connectivity index (χ3n) is 3.87. The van der Waals surface area contributed by atoms with Gasteiger partial charge in [-0.05, 0) is 47.4 Å². The van der Waals surface area contributed by atoms with Gasteiger partial charge in [0, 0.05) is 13.1 Å². The zero-order valence-electron chi connectivity index (χ0n) is 12.2. The number of hydrogen-bond acceptors (Lipinski definition) is 5. The van der Waals surface area contributed by atoms with Crippen LogP contribution in [0.25, 0.3) is 0 Å². The Morgan fingerprint density at radius 2 is 2.36 bits per heavy atom. The van der Waals surface area contributed by atoms with Gasteiger partial charge in [-0.2, -0.15) is 11.3 Å². The number of rotatable bonds is 5. The van der Waals surface area contributed by atoms with E-state index in [0.717, 1.165) is 12.8 Å². The maximum absolute atomic E-state index is 12.5. The minimum atomic E-state index is -0.101. The maximum Gasteiger partial charge on any atom is 0.272 e. The lowest BCUT2D eigenvalue weighted by Crippen LogP contribution is -2.38. The van der Waals surface area contributed by atoms with Crippen LogP contribution in [0, 0.1) is 0 Å². The summed E-state index contributed by atoms with van der Waals surface area (Å²) >= 11 is 1.66.